The highest BCUT2D eigenvalue weighted by molar-refractivity contribution is 7.16. The van der Waals surface area contributed by atoms with Crippen LogP contribution in [-0.4, -0.2) is 46.1 Å². The maximum absolute atomic E-state index is 13.1. The Hall–Kier alpha value is -5.66. The van der Waals surface area contributed by atoms with Gasteiger partial charge in [-0.15, -0.1) is 0 Å². The standard InChI is InChI=1S/C38H34N4O7S2/c1-5-41-29-19-13-25(35(45)47-7-3)21-31(29)50-37(41)39-33(43)23-9-15-27(16-10-23)49-28-17-11-24(12-18-28)34(44)40-38-42(6-2)30-20-14-26(22-32(30)51-38)36(46)48-8-4/h9-22H,5-8H2,1-4H3. The lowest BCUT2D eigenvalue weighted by atomic mass is 10.2. The third-order valence-electron chi connectivity index (χ3n) is 7.85. The summed E-state index contributed by atoms with van der Waals surface area (Å²) in [6, 6.07) is 23.9. The molecule has 0 spiro atoms. The van der Waals surface area contributed by atoms with Gasteiger partial charge in [0.25, 0.3) is 11.8 Å². The lowest BCUT2D eigenvalue weighted by Crippen LogP contribution is -2.16. The van der Waals surface area contributed by atoms with Gasteiger partial charge in [-0.1, -0.05) is 22.7 Å². The van der Waals surface area contributed by atoms with E-state index in [4.69, 9.17) is 14.2 Å². The maximum atomic E-state index is 13.1. The Labute approximate surface area is 300 Å². The summed E-state index contributed by atoms with van der Waals surface area (Å²) >= 11 is 2.66. The van der Waals surface area contributed by atoms with E-state index in [1.54, 1.807) is 86.6 Å². The van der Waals surface area contributed by atoms with Gasteiger partial charge < -0.3 is 23.3 Å². The van der Waals surface area contributed by atoms with Gasteiger partial charge in [0, 0.05) is 24.2 Å². The van der Waals surface area contributed by atoms with Gasteiger partial charge in [0.2, 0.25) is 0 Å². The largest absolute Gasteiger partial charge is 0.462 e. The number of rotatable bonds is 10. The fraction of sp³-hybridized carbons (Fsp3) is 0.211. The summed E-state index contributed by atoms with van der Waals surface area (Å²) in [6.07, 6.45) is 0. The van der Waals surface area contributed by atoms with E-state index in [0.29, 0.717) is 56.4 Å². The molecule has 2 aromatic heterocycles. The van der Waals surface area contributed by atoms with E-state index in [1.165, 1.54) is 22.7 Å². The molecule has 0 saturated heterocycles. The van der Waals surface area contributed by atoms with Gasteiger partial charge in [0.15, 0.2) is 9.60 Å². The molecule has 6 aromatic rings. The van der Waals surface area contributed by atoms with Gasteiger partial charge in [0.05, 0.1) is 44.8 Å². The van der Waals surface area contributed by atoms with Crippen LogP contribution in [0.4, 0.5) is 0 Å². The van der Waals surface area contributed by atoms with Gasteiger partial charge in [0.1, 0.15) is 11.5 Å². The van der Waals surface area contributed by atoms with Crippen molar-refractivity contribution in [1.82, 2.24) is 9.13 Å². The highest BCUT2D eigenvalue weighted by Gasteiger charge is 2.15. The molecule has 13 heteroatoms. The number of nitrogens with zero attached hydrogens (tertiary/aromatic N) is 4. The molecular weight excluding hydrogens is 689 g/mol. The van der Waals surface area contributed by atoms with Crippen molar-refractivity contribution < 1.29 is 33.4 Å². The van der Waals surface area contributed by atoms with Crippen LogP contribution in [0.1, 0.15) is 69.1 Å². The summed E-state index contributed by atoms with van der Waals surface area (Å²) in [5, 5.41) is 0. The summed E-state index contributed by atoms with van der Waals surface area (Å²) < 4.78 is 21.7. The molecule has 6 rings (SSSR count). The number of hydrogen-bond acceptors (Lipinski definition) is 9. The van der Waals surface area contributed by atoms with Crippen LogP contribution in [0.15, 0.2) is 94.9 Å². The van der Waals surface area contributed by atoms with Gasteiger partial charge in [-0.2, -0.15) is 9.98 Å². The zero-order valence-corrected chi connectivity index (χ0v) is 30.0. The highest BCUT2D eigenvalue weighted by Crippen LogP contribution is 2.24. The van der Waals surface area contributed by atoms with Gasteiger partial charge >= 0.3 is 11.9 Å². The van der Waals surface area contributed by atoms with Crippen molar-refractivity contribution in [3.05, 3.63) is 117 Å². The predicted octanol–water partition coefficient (Wildman–Crippen LogP) is 7.39. The normalized spacial score (nSPS) is 12.0. The molecule has 0 N–H and O–H groups in total. The number of fused-ring (bicyclic) bond motifs is 2. The molecule has 0 bridgehead atoms. The smallest absolute Gasteiger partial charge is 0.338 e. The fourth-order valence-electron chi connectivity index (χ4n) is 5.38. The number of aryl methyl sites for hydroxylation is 2. The minimum Gasteiger partial charge on any atom is -0.462 e. The Balaban J connectivity index is 1.15. The van der Waals surface area contributed by atoms with Crippen LogP contribution in [0.5, 0.6) is 11.5 Å². The first-order valence-electron chi connectivity index (χ1n) is 16.4. The SMILES string of the molecule is CCOC(=O)c1ccc2c(c1)sc(=NC(=O)c1ccc(Oc3ccc(C(=O)N=c4sc5cc(C(=O)OCC)ccc5n4CC)cc3)cc1)n2CC. The Morgan fingerprint density at radius 2 is 0.922 bits per heavy atom. The molecule has 0 aliphatic heterocycles. The first kappa shape index (κ1) is 35.2. The van der Waals surface area contributed by atoms with Crippen molar-refractivity contribution in [2.75, 3.05) is 13.2 Å². The second kappa shape index (κ2) is 15.5. The Bertz CT molecular complexity index is 2250. The van der Waals surface area contributed by atoms with Gasteiger partial charge in [-0.3, -0.25) is 9.59 Å². The Morgan fingerprint density at radius 1 is 0.549 bits per heavy atom. The molecule has 0 fully saturated rings. The van der Waals surface area contributed by atoms with Crippen LogP contribution >= 0.6 is 22.7 Å². The van der Waals surface area contributed by atoms with Crippen molar-refractivity contribution in [2.24, 2.45) is 9.98 Å². The van der Waals surface area contributed by atoms with Crippen molar-refractivity contribution in [3.63, 3.8) is 0 Å². The molecule has 2 heterocycles. The van der Waals surface area contributed by atoms with Gasteiger partial charge in [-0.05, 0) is 113 Å². The van der Waals surface area contributed by atoms with Crippen LogP contribution in [0, 0.1) is 0 Å². The molecule has 11 nitrogen and oxygen atoms in total. The second-order valence-corrected chi connectivity index (χ2v) is 13.1. The summed E-state index contributed by atoms with van der Waals surface area (Å²) in [6.45, 7) is 9.22. The van der Waals surface area contributed by atoms with Crippen LogP contribution in [0.25, 0.3) is 20.4 Å². The second-order valence-electron chi connectivity index (χ2n) is 11.0. The number of amides is 2. The number of carbonyl (C=O) groups excluding carboxylic acids is 4. The van der Waals surface area contributed by atoms with Crippen LogP contribution < -0.4 is 14.3 Å². The molecule has 260 valence electrons. The van der Waals surface area contributed by atoms with E-state index in [-0.39, 0.29) is 13.2 Å². The number of esters is 2. The van der Waals surface area contributed by atoms with E-state index >= 15 is 0 Å². The molecule has 0 aliphatic rings. The van der Waals surface area contributed by atoms with Crippen molar-refractivity contribution in [2.45, 2.75) is 40.8 Å². The Kier molecular flexibility index (Phi) is 10.7. The van der Waals surface area contributed by atoms with Crippen LogP contribution in [-0.2, 0) is 22.6 Å². The van der Waals surface area contributed by atoms with E-state index in [1.807, 2.05) is 35.1 Å². The van der Waals surface area contributed by atoms with Crippen LogP contribution in [0.2, 0.25) is 0 Å². The third-order valence-corrected chi connectivity index (χ3v) is 9.94. The van der Waals surface area contributed by atoms with Crippen LogP contribution in [0.3, 0.4) is 0 Å². The molecule has 0 radical (unpaired) electrons. The number of ether oxygens (including phenoxy) is 3. The minimum absolute atomic E-state index is 0.288. The van der Waals surface area contributed by atoms with E-state index in [0.717, 1.165) is 20.4 Å². The average Bonchev–Trinajstić information content (AvgIpc) is 3.67. The summed E-state index contributed by atoms with van der Waals surface area (Å²) in [4.78, 5) is 60.5. The zero-order valence-electron chi connectivity index (χ0n) is 28.4. The molecule has 2 amide bonds. The number of carbonyl (C=O) groups is 4. The van der Waals surface area contributed by atoms with E-state index in [2.05, 4.69) is 9.98 Å². The quantitative estimate of drug-likeness (QED) is 0.135. The van der Waals surface area contributed by atoms with Crippen molar-refractivity contribution >= 4 is 66.9 Å². The zero-order chi connectivity index (χ0) is 36.1. The monoisotopic (exact) mass is 722 g/mol. The lowest BCUT2D eigenvalue weighted by molar-refractivity contribution is 0.0517. The molecular formula is C38H34N4O7S2. The van der Waals surface area contributed by atoms with Gasteiger partial charge in [-0.25, -0.2) is 9.59 Å². The number of aromatic nitrogens is 2. The van der Waals surface area contributed by atoms with Crippen molar-refractivity contribution in [3.8, 4) is 11.5 Å². The summed E-state index contributed by atoms with van der Waals surface area (Å²) in [7, 11) is 0. The molecule has 0 unspecified atom stereocenters. The average molecular weight is 723 g/mol. The first-order valence-corrected chi connectivity index (χ1v) is 18.0. The molecule has 0 aliphatic carbocycles. The Morgan fingerprint density at radius 3 is 1.27 bits per heavy atom. The number of thiazole rings is 2. The third kappa shape index (κ3) is 7.59. The molecule has 4 aromatic carbocycles. The number of hydrogen-bond donors (Lipinski definition) is 0. The summed E-state index contributed by atoms with van der Waals surface area (Å²) in [5.74, 6) is -0.596. The lowest BCUT2D eigenvalue weighted by Gasteiger charge is -2.06. The summed E-state index contributed by atoms with van der Waals surface area (Å²) in [5.41, 5.74) is 3.43. The number of benzene rings is 4. The minimum atomic E-state index is -0.407. The fourth-order valence-corrected chi connectivity index (χ4v) is 7.64. The highest BCUT2D eigenvalue weighted by atomic mass is 32.1. The molecule has 0 saturated carbocycles. The molecule has 0 atom stereocenters. The van der Waals surface area contributed by atoms with E-state index < -0.39 is 23.8 Å². The van der Waals surface area contributed by atoms with Crippen molar-refractivity contribution in [1.29, 1.82) is 0 Å². The van der Waals surface area contributed by atoms with E-state index in [9.17, 15) is 19.2 Å². The first-order chi connectivity index (χ1) is 24.7. The topological polar surface area (TPSA) is 131 Å². The predicted molar refractivity (Wildman–Crippen MR) is 196 cm³/mol. The maximum Gasteiger partial charge on any atom is 0.338 e. The molecule has 51 heavy (non-hydrogen) atoms.